The highest BCUT2D eigenvalue weighted by Gasteiger charge is 2.36. The second-order valence-electron chi connectivity index (χ2n) is 6.06. The van der Waals surface area contributed by atoms with Crippen LogP contribution in [-0.2, 0) is 0 Å². The van der Waals surface area contributed by atoms with E-state index in [4.69, 9.17) is 10.5 Å². The van der Waals surface area contributed by atoms with Gasteiger partial charge in [-0.25, -0.2) is 4.39 Å². The molecule has 4 rings (SSSR count). The number of ether oxygens (including phenoxy) is 1. The van der Waals surface area contributed by atoms with E-state index in [9.17, 15) is 14.4 Å². The van der Waals surface area contributed by atoms with Crippen LogP contribution < -0.4 is 10.5 Å². The maximum atomic E-state index is 13.4. The van der Waals surface area contributed by atoms with Crippen molar-refractivity contribution < 1.29 is 13.9 Å². The summed E-state index contributed by atoms with van der Waals surface area (Å²) in [6.07, 6.45) is 0. The molecule has 1 aliphatic rings. The number of nitrogens with two attached hydrogens (primary N) is 1. The van der Waals surface area contributed by atoms with E-state index in [0.29, 0.717) is 22.5 Å². The Bertz CT molecular complexity index is 1120. The quantitative estimate of drug-likeness (QED) is 0.728. The molecule has 0 spiro atoms. The molecule has 2 heterocycles. The summed E-state index contributed by atoms with van der Waals surface area (Å²) in [5.41, 5.74) is 8.04. The first-order valence-corrected chi connectivity index (χ1v) is 8.00. The molecule has 0 amide bonds. The van der Waals surface area contributed by atoms with Crippen LogP contribution in [-0.4, -0.2) is 10.5 Å². The van der Waals surface area contributed by atoms with E-state index in [-0.39, 0.29) is 23.2 Å². The molecule has 0 aliphatic carbocycles. The van der Waals surface area contributed by atoms with Crippen molar-refractivity contribution in [2.24, 2.45) is 5.73 Å². The maximum absolute atomic E-state index is 13.4. The molecule has 0 radical (unpaired) electrons. The van der Waals surface area contributed by atoms with Gasteiger partial charge in [0.25, 0.3) is 0 Å². The zero-order chi connectivity index (χ0) is 18.4. The molecule has 6 heteroatoms. The molecular weight excluding hydrogens is 333 g/mol. The van der Waals surface area contributed by atoms with Gasteiger partial charge < -0.3 is 10.5 Å². The highest BCUT2D eigenvalue weighted by molar-refractivity contribution is 5.98. The lowest BCUT2D eigenvalue weighted by atomic mass is 9.87. The van der Waals surface area contributed by atoms with Gasteiger partial charge in [0, 0.05) is 12.3 Å². The minimum atomic E-state index is -0.624. The van der Waals surface area contributed by atoms with Crippen LogP contribution >= 0.6 is 0 Å². The van der Waals surface area contributed by atoms with E-state index < -0.39 is 5.92 Å². The summed E-state index contributed by atoms with van der Waals surface area (Å²) >= 11 is 0. The topological polar surface area (TPSA) is 81.0 Å². The number of fused-ring (bicyclic) bond motifs is 3. The Labute approximate surface area is 148 Å². The molecule has 2 aromatic carbocycles. The van der Waals surface area contributed by atoms with Gasteiger partial charge in [-0.1, -0.05) is 24.3 Å². The first-order chi connectivity index (χ1) is 12.5. The molecule has 0 unspecified atom stereocenters. The number of benzene rings is 2. The molecule has 3 aromatic rings. The van der Waals surface area contributed by atoms with Crippen LogP contribution in [0.5, 0.6) is 5.75 Å². The minimum Gasteiger partial charge on any atom is -0.438 e. The van der Waals surface area contributed by atoms with Crippen molar-refractivity contribution in [3.05, 3.63) is 77.1 Å². The van der Waals surface area contributed by atoms with Gasteiger partial charge in [0.15, 0.2) is 5.75 Å². The number of para-hydroxylation sites is 1. The summed E-state index contributed by atoms with van der Waals surface area (Å²) in [7, 11) is 0. The standard InChI is InChI=1S/C20H14FN3O2/c1-11(25)24-16-5-3-2-4-14(16)19-18(24)17(15(10-22)20(23)26-19)12-6-8-13(21)9-7-12/h2-9,17H,23H2,1H3/t17-/m1/s1. The summed E-state index contributed by atoms with van der Waals surface area (Å²) in [5.74, 6) is -0.789. The molecule has 26 heavy (non-hydrogen) atoms. The molecule has 2 N–H and O–H groups in total. The van der Waals surface area contributed by atoms with Crippen molar-refractivity contribution >= 4 is 16.8 Å². The zero-order valence-corrected chi connectivity index (χ0v) is 13.9. The number of hydrogen-bond donors (Lipinski definition) is 1. The fourth-order valence-corrected chi connectivity index (χ4v) is 3.48. The number of hydrogen-bond acceptors (Lipinski definition) is 4. The van der Waals surface area contributed by atoms with Crippen molar-refractivity contribution in [3.63, 3.8) is 0 Å². The van der Waals surface area contributed by atoms with Crippen molar-refractivity contribution in [2.75, 3.05) is 0 Å². The van der Waals surface area contributed by atoms with Crippen molar-refractivity contribution in [1.29, 1.82) is 5.26 Å². The van der Waals surface area contributed by atoms with Crippen LogP contribution in [0, 0.1) is 17.1 Å². The van der Waals surface area contributed by atoms with Gasteiger partial charge in [-0.2, -0.15) is 5.26 Å². The molecule has 5 nitrogen and oxygen atoms in total. The summed E-state index contributed by atoms with van der Waals surface area (Å²) in [6.45, 7) is 1.45. The number of aromatic nitrogens is 1. The first kappa shape index (κ1) is 15.9. The van der Waals surface area contributed by atoms with Gasteiger partial charge in [-0.05, 0) is 29.8 Å². The first-order valence-electron chi connectivity index (χ1n) is 8.00. The number of halogens is 1. The predicted octanol–water partition coefficient (Wildman–Crippen LogP) is 3.66. The van der Waals surface area contributed by atoms with Crippen LogP contribution in [0.3, 0.4) is 0 Å². The van der Waals surface area contributed by atoms with Crippen LogP contribution in [0.1, 0.15) is 28.9 Å². The largest absolute Gasteiger partial charge is 0.438 e. The number of nitriles is 1. The number of carbonyl (C=O) groups is 1. The van der Waals surface area contributed by atoms with E-state index in [1.165, 1.54) is 23.6 Å². The van der Waals surface area contributed by atoms with Crippen molar-refractivity contribution in [3.8, 4) is 11.8 Å². The molecule has 0 saturated heterocycles. The molecule has 0 saturated carbocycles. The number of allylic oxidation sites excluding steroid dienone is 1. The Balaban J connectivity index is 2.11. The van der Waals surface area contributed by atoms with Crippen LogP contribution in [0.15, 0.2) is 60.0 Å². The monoisotopic (exact) mass is 347 g/mol. The Morgan fingerprint density at radius 1 is 1.23 bits per heavy atom. The maximum Gasteiger partial charge on any atom is 0.228 e. The Morgan fingerprint density at radius 3 is 2.58 bits per heavy atom. The third-order valence-electron chi connectivity index (χ3n) is 4.54. The summed E-state index contributed by atoms with van der Waals surface area (Å²) in [6, 6.07) is 15.2. The van der Waals surface area contributed by atoms with Gasteiger partial charge in [-0.15, -0.1) is 0 Å². The second kappa shape index (κ2) is 5.74. The summed E-state index contributed by atoms with van der Waals surface area (Å²) in [5, 5.41) is 10.4. The van der Waals surface area contributed by atoms with Crippen LogP contribution in [0.4, 0.5) is 4.39 Å². The third-order valence-corrected chi connectivity index (χ3v) is 4.54. The van der Waals surface area contributed by atoms with Crippen molar-refractivity contribution in [2.45, 2.75) is 12.8 Å². The Morgan fingerprint density at radius 2 is 1.92 bits per heavy atom. The van der Waals surface area contributed by atoms with E-state index in [0.717, 1.165) is 5.39 Å². The van der Waals surface area contributed by atoms with Gasteiger partial charge in [0.2, 0.25) is 11.8 Å². The molecule has 1 aliphatic heterocycles. The summed E-state index contributed by atoms with van der Waals surface area (Å²) < 4.78 is 20.7. The molecule has 0 fully saturated rings. The van der Waals surface area contributed by atoms with E-state index in [2.05, 4.69) is 6.07 Å². The molecule has 128 valence electrons. The highest BCUT2D eigenvalue weighted by Crippen LogP contribution is 2.47. The van der Waals surface area contributed by atoms with E-state index >= 15 is 0 Å². The van der Waals surface area contributed by atoms with Gasteiger partial charge in [-0.3, -0.25) is 9.36 Å². The number of rotatable bonds is 1. The lowest BCUT2D eigenvalue weighted by molar-refractivity contribution is 0.0937. The average Bonchev–Trinajstić information content (AvgIpc) is 2.95. The third kappa shape index (κ3) is 2.18. The number of nitrogens with zero attached hydrogens (tertiary/aromatic N) is 2. The molecule has 0 bridgehead atoms. The second-order valence-corrected chi connectivity index (χ2v) is 6.06. The Hall–Kier alpha value is -3.59. The van der Waals surface area contributed by atoms with Crippen molar-refractivity contribution in [1.82, 2.24) is 4.57 Å². The SMILES string of the molecule is CC(=O)n1c2c(c3ccccc31)OC(N)=C(C#N)[C@H]2c1ccc(F)cc1. The van der Waals surface area contributed by atoms with E-state index in [1.807, 2.05) is 24.3 Å². The molecule has 1 aromatic heterocycles. The van der Waals surface area contributed by atoms with Crippen LogP contribution in [0.25, 0.3) is 10.9 Å². The van der Waals surface area contributed by atoms with Gasteiger partial charge >= 0.3 is 0 Å². The summed E-state index contributed by atoms with van der Waals surface area (Å²) in [4.78, 5) is 12.4. The lowest BCUT2D eigenvalue weighted by Gasteiger charge is -2.25. The average molecular weight is 347 g/mol. The molecular formula is C20H14FN3O2. The fraction of sp³-hybridized carbons (Fsp3) is 0.100. The van der Waals surface area contributed by atoms with Gasteiger partial charge in [0.1, 0.15) is 17.5 Å². The normalized spacial score (nSPS) is 16.1. The fourth-order valence-electron chi connectivity index (χ4n) is 3.48. The van der Waals surface area contributed by atoms with E-state index in [1.54, 1.807) is 12.1 Å². The number of carbonyl (C=O) groups excluding carboxylic acids is 1. The lowest BCUT2D eigenvalue weighted by Crippen LogP contribution is -2.24. The zero-order valence-electron chi connectivity index (χ0n) is 13.9. The predicted molar refractivity (Wildman–Crippen MR) is 93.9 cm³/mol. The Kier molecular flexibility index (Phi) is 3.51. The minimum absolute atomic E-state index is 0.0132. The molecule has 1 atom stereocenters. The highest BCUT2D eigenvalue weighted by atomic mass is 19.1. The van der Waals surface area contributed by atoms with Gasteiger partial charge in [0.05, 0.1) is 17.1 Å². The van der Waals surface area contributed by atoms with Crippen LogP contribution in [0.2, 0.25) is 0 Å². The smallest absolute Gasteiger partial charge is 0.228 e.